The number of anilines is 1. The molecule has 2 bridgehead atoms. The quantitative estimate of drug-likeness (QED) is 0.568. The molecule has 0 spiro atoms. The lowest BCUT2D eigenvalue weighted by Gasteiger charge is -2.52. The Bertz CT molecular complexity index is 1060. The summed E-state index contributed by atoms with van der Waals surface area (Å²) in [7, 11) is 1.68. The molecule has 38 heavy (non-hydrogen) atoms. The number of carbonyl (C=O) groups excluding carboxylic acids is 1. The van der Waals surface area contributed by atoms with Crippen LogP contribution in [0.15, 0.2) is 12.3 Å². The van der Waals surface area contributed by atoms with Gasteiger partial charge in [-0.1, -0.05) is 0 Å². The number of likely N-dealkylation sites (tertiary alicyclic amines) is 1. The largest absolute Gasteiger partial charge is 0.433 e. The fraction of sp³-hybridized carbons (Fsp3) is 0.808. The Balaban J connectivity index is 1.17. The molecule has 0 radical (unpaired) electrons. The molecule has 3 aliphatic heterocycles. The van der Waals surface area contributed by atoms with Crippen molar-refractivity contribution < 1.29 is 32.5 Å². The van der Waals surface area contributed by atoms with Gasteiger partial charge in [0.25, 0.3) is 0 Å². The van der Waals surface area contributed by atoms with E-state index in [2.05, 4.69) is 15.3 Å². The highest BCUT2D eigenvalue weighted by atomic mass is 19.4. The van der Waals surface area contributed by atoms with Crippen LogP contribution in [-0.4, -0.2) is 95.2 Å². The number of methoxy groups -OCH3 is 1. The average molecular weight is 540 g/mol. The fourth-order valence-corrected chi connectivity index (χ4v) is 7.51. The van der Waals surface area contributed by atoms with Crippen molar-refractivity contribution in [2.24, 2.45) is 5.41 Å². The minimum Gasteiger partial charge on any atom is -0.389 e. The van der Waals surface area contributed by atoms with E-state index < -0.39 is 22.9 Å². The van der Waals surface area contributed by atoms with Crippen LogP contribution in [0.2, 0.25) is 0 Å². The van der Waals surface area contributed by atoms with E-state index in [0.29, 0.717) is 58.4 Å². The Morgan fingerprint density at radius 2 is 2.05 bits per heavy atom. The number of fused-ring (bicyclic) bond motifs is 2. The first-order chi connectivity index (χ1) is 18.1. The molecule has 4 heterocycles. The monoisotopic (exact) mass is 539 g/mol. The maximum absolute atomic E-state index is 14.3. The van der Waals surface area contributed by atoms with Crippen molar-refractivity contribution in [1.29, 1.82) is 0 Å². The summed E-state index contributed by atoms with van der Waals surface area (Å²) in [5, 5.41) is 15.4. The van der Waals surface area contributed by atoms with Crippen LogP contribution < -0.4 is 10.2 Å². The Morgan fingerprint density at radius 1 is 1.24 bits per heavy atom. The number of hydrogen-bond donors (Lipinski definition) is 2. The maximum Gasteiger partial charge on any atom is 0.433 e. The van der Waals surface area contributed by atoms with E-state index in [1.165, 1.54) is 0 Å². The van der Waals surface area contributed by atoms with Gasteiger partial charge in [0.05, 0.1) is 35.8 Å². The van der Waals surface area contributed by atoms with E-state index in [0.717, 1.165) is 31.5 Å². The Kier molecular flexibility index (Phi) is 6.60. The lowest BCUT2D eigenvalue weighted by atomic mass is 9.59. The number of amides is 1. The Labute approximate surface area is 220 Å². The fourth-order valence-electron chi connectivity index (χ4n) is 7.51. The van der Waals surface area contributed by atoms with Crippen LogP contribution >= 0.6 is 0 Å². The van der Waals surface area contributed by atoms with Crippen molar-refractivity contribution in [2.45, 2.75) is 93.4 Å². The number of hydrogen-bond acceptors (Lipinski definition) is 8. The van der Waals surface area contributed by atoms with Gasteiger partial charge in [-0.25, -0.2) is 9.97 Å². The number of nitrogens with zero attached hydrogens (tertiary/aromatic N) is 4. The van der Waals surface area contributed by atoms with Crippen LogP contribution in [0.1, 0.15) is 57.1 Å². The molecule has 3 saturated heterocycles. The summed E-state index contributed by atoms with van der Waals surface area (Å²) < 4.78 is 50.7. The van der Waals surface area contributed by atoms with Crippen LogP contribution in [0.3, 0.4) is 0 Å². The molecule has 6 rings (SSSR count). The molecule has 6 atom stereocenters. The molecule has 5 aliphatic rings. The van der Waals surface area contributed by atoms with Crippen molar-refractivity contribution >= 4 is 11.9 Å². The topological polar surface area (TPSA) is 100 Å². The molecular formula is C26H36F3N5O4. The smallest absolute Gasteiger partial charge is 0.389 e. The highest BCUT2D eigenvalue weighted by Crippen LogP contribution is 2.57. The second-order valence-corrected chi connectivity index (χ2v) is 11.7. The van der Waals surface area contributed by atoms with Gasteiger partial charge in [-0.05, 0) is 57.4 Å². The molecule has 210 valence electrons. The summed E-state index contributed by atoms with van der Waals surface area (Å²) in [5.41, 5.74) is -2.82. The molecule has 1 amide bonds. The average Bonchev–Trinajstić information content (AvgIpc) is 3.62. The van der Waals surface area contributed by atoms with E-state index in [9.17, 15) is 23.1 Å². The summed E-state index contributed by atoms with van der Waals surface area (Å²) in [4.78, 5) is 25.8. The van der Waals surface area contributed by atoms with Gasteiger partial charge < -0.3 is 29.7 Å². The Morgan fingerprint density at radius 3 is 2.71 bits per heavy atom. The van der Waals surface area contributed by atoms with E-state index >= 15 is 0 Å². The number of halogens is 3. The maximum atomic E-state index is 14.3. The van der Waals surface area contributed by atoms with E-state index in [1.54, 1.807) is 12.0 Å². The molecule has 9 nitrogen and oxygen atoms in total. The number of carbonyl (C=O) groups is 1. The number of nitrogens with one attached hydrogen (secondary N) is 1. The predicted octanol–water partition coefficient (Wildman–Crippen LogP) is 2.13. The number of rotatable bonds is 6. The van der Waals surface area contributed by atoms with Crippen LogP contribution in [0.4, 0.5) is 19.1 Å². The number of ether oxygens (including phenoxy) is 2. The molecule has 5 fully saturated rings. The van der Waals surface area contributed by atoms with Gasteiger partial charge in [-0.15, -0.1) is 0 Å². The lowest BCUT2D eigenvalue weighted by Crippen LogP contribution is -2.63. The zero-order chi connectivity index (χ0) is 26.7. The van der Waals surface area contributed by atoms with E-state index in [1.807, 2.05) is 4.90 Å². The molecule has 0 aromatic carbocycles. The van der Waals surface area contributed by atoms with Gasteiger partial charge in [0.15, 0.2) is 0 Å². The molecule has 2 N–H and O–H groups in total. The number of aliphatic hydroxyl groups is 1. The molecule has 1 aromatic heterocycles. The first-order valence-electron chi connectivity index (χ1n) is 13.7. The molecule has 1 aromatic rings. The van der Waals surface area contributed by atoms with Crippen LogP contribution in [0.5, 0.6) is 0 Å². The van der Waals surface area contributed by atoms with Gasteiger partial charge in [-0.2, -0.15) is 13.2 Å². The minimum absolute atomic E-state index is 0.00335. The van der Waals surface area contributed by atoms with Gasteiger partial charge in [-0.3, -0.25) is 4.79 Å². The predicted molar refractivity (Wildman–Crippen MR) is 130 cm³/mol. The van der Waals surface area contributed by atoms with Gasteiger partial charge >= 0.3 is 6.18 Å². The molecule has 0 unspecified atom stereocenters. The SMILES string of the molecule is CO[C@@H]1COCC[C@@H]1N[C@@H]1CC[C@@](C(=O)N2C[C@H]3C[C@@H]2CN3c2nccc(C(F)(F)F)n2)(C2(O)CCC2)C1. The van der Waals surface area contributed by atoms with Crippen LogP contribution in [0, 0.1) is 5.41 Å². The molecular weight excluding hydrogens is 503 g/mol. The van der Waals surface area contributed by atoms with Crippen LogP contribution in [0.25, 0.3) is 0 Å². The number of alkyl halides is 3. The molecule has 12 heteroatoms. The third kappa shape index (κ3) is 4.28. The highest BCUT2D eigenvalue weighted by Gasteiger charge is 2.64. The second-order valence-electron chi connectivity index (χ2n) is 11.7. The molecule has 2 saturated carbocycles. The minimum atomic E-state index is -4.54. The van der Waals surface area contributed by atoms with Gasteiger partial charge in [0, 0.05) is 45.1 Å². The van der Waals surface area contributed by atoms with Gasteiger partial charge in [0.2, 0.25) is 11.9 Å². The first kappa shape index (κ1) is 26.2. The lowest BCUT2D eigenvalue weighted by molar-refractivity contribution is -0.178. The van der Waals surface area contributed by atoms with E-state index in [-0.39, 0.29) is 42.1 Å². The van der Waals surface area contributed by atoms with Crippen LogP contribution in [-0.2, 0) is 20.4 Å². The zero-order valence-electron chi connectivity index (χ0n) is 21.6. The Hall–Kier alpha value is -2.02. The summed E-state index contributed by atoms with van der Waals surface area (Å²) in [6.45, 7) is 2.01. The van der Waals surface area contributed by atoms with Crippen molar-refractivity contribution in [3.05, 3.63) is 18.0 Å². The zero-order valence-corrected chi connectivity index (χ0v) is 21.6. The normalized spacial score (nSPS) is 36.5. The van der Waals surface area contributed by atoms with Crippen molar-refractivity contribution in [2.75, 3.05) is 38.3 Å². The second kappa shape index (κ2) is 9.57. The first-order valence-corrected chi connectivity index (χ1v) is 13.7. The van der Waals surface area contributed by atoms with Crippen molar-refractivity contribution in [1.82, 2.24) is 20.2 Å². The number of piperazine rings is 1. The number of aromatic nitrogens is 2. The highest BCUT2D eigenvalue weighted by molar-refractivity contribution is 5.86. The summed E-state index contributed by atoms with van der Waals surface area (Å²) in [5.74, 6) is 0.0532. The van der Waals surface area contributed by atoms with E-state index in [4.69, 9.17) is 9.47 Å². The summed E-state index contributed by atoms with van der Waals surface area (Å²) >= 11 is 0. The third-order valence-electron chi connectivity index (χ3n) is 9.74. The third-order valence-corrected chi connectivity index (χ3v) is 9.74. The van der Waals surface area contributed by atoms with Crippen molar-refractivity contribution in [3.8, 4) is 0 Å². The molecule has 2 aliphatic carbocycles. The standard InChI is InChI=1S/C26H36F3N5O4/c1-37-20-15-38-10-5-19(20)31-16-3-8-24(12-16,25(36)6-2-7-25)22(35)33-13-18-11-17(33)14-34(18)23-30-9-4-21(32-23)26(27,28)29/h4,9,16-20,31,36H,2-3,5-8,10-15H2,1H3/t16-,17-,18-,19+,20-,24-/m1/s1. The van der Waals surface area contributed by atoms with Gasteiger partial charge in [0.1, 0.15) is 5.69 Å². The van der Waals surface area contributed by atoms with Crippen molar-refractivity contribution in [3.63, 3.8) is 0 Å². The summed E-state index contributed by atoms with van der Waals surface area (Å²) in [6, 6.07) is 0.840. The summed E-state index contributed by atoms with van der Waals surface area (Å²) in [6.07, 6.45) is 2.20.